The van der Waals surface area contributed by atoms with Gasteiger partial charge in [0.15, 0.2) is 11.5 Å². The van der Waals surface area contributed by atoms with Crippen LogP contribution in [0.25, 0.3) is 0 Å². The van der Waals surface area contributed by atoms with Gasteiger partial charge in [0.05, 0.1) is 13.7 Å². The average Bonchev–Trinajstić information content (AvgIpc) is 2.74. The van der Waals surface area contributed by atoms with Crippen LogP contribution in [0.1, 0.15) is 46.0 Å². The van der Waals surface area contributed by atoms with Gasteiger partial charge in [-0.05, 0) is 56.5 Å². The number of likely N-dealkylation sites (tertiary alicyclic amines) is 1. The van der Waals surface area contributed by atoms with E-state index in [9.17, 15) is 9.59 Å². The largest absolute Gasteiger partial charge is 0.493 e. The Morgan fingerprint density at radius 1 is 1.10 bits per heavy atom. The maximum Gasteiger partial charge on any atom is 0.253 e. The van der Waals surface area contributed by atoms with Crippen molar-refractivity contribution >= 4 is 11.8 Å². The van der Waals surface area contributed by atoms with Crippen molar-refractivity contribution in [3.8, 4) is 11.5 Å². The third-order valence-electron chi connectivity index (χ3n) is 5.22. The normalized spacial score (nSPS) is 14.4. The highest BCUT2D eigenvalue weighted by Crippen LogP contribution is 2.29. The molecule has 0 atom stereocenters. The zero-order valence-electron chi connectivity index (χ0n) is 17.2. The van der Waals surface area contributed by atoms with E-state index in [1.54, 1.807) is 25.3 Å². The number of ether oxygens (including phenoxy) is 2. The molecule has 154 valence electrons. The molecule has 2 aromatic carbocycles. The van der Waals surface area contributed by atoms with Gasteiger partial charge in [-0.2, -0.15) is 0 Å². The first-order valence-electron chi connectivity index (χ1n) is 10.00. The second-order valence-electron chi connectivity index (χ2n) is 7.15. The molecule has 0 aromatic heterocycles. The van der Waals surface area contributed by atoms with E-state index in [0.29, 0.717) is 42.3 Å². The van der Waals surface area contributed by atoms with Crippen LogP contribution in [0.3, 0.4) is 0 Å². The van der Waals surface area contributed by atoms with Crippen LogP contribution in [0.5, 0.6) is 11.5 Å². The molecule has 0 bridgehead atoms. The first kappa shape index (κ1) is 20.7. The molecule has 0 spiro atoms. The van der Waals surface area contributed by atoms with Gasteiger partial charge in [0.2, 0.25) is 0 Å². The molecule has 29 heavy (non-hydrogen) atoms. The van der Waals surface area contributed by atoms with Gasteiger partial charge in [-0.1, -0.05) is 18.2 Å². The Morgan fingerprint density at radius 2 is 1.83 bits per heavy atom. The fraction of sp³-hybridized carbons (Fsp3) is 0.391. The zero-order chi connectivity index (χ0) is 20.8. The number of hydrogen-bond donors (Lipinski definition) is 1. The molecular formula is C23H28N2O4. The summed E-state index contributed by atoms with van der Waals surface area (Å²) in [6, 6.07) is 12.9. The Labute approximate surface area is 171 Å². The molecular weight excluding hydrogens is 368 g/mol. The van der Waals surface area contributed by atoms with Crippen molar-refractivity contribution in [1.29, 1.82) is 0 Å². The number of nitrogens with zero attached hydrogens (tertiary/aromatic N) is 1. The lowest BCUT2D eigenvalue weighted by molar-refractivity contribution is 0.0697. The Morgan fingerprint density at radius 3 is 2.48 bits per heavy atom. The third kappa shape index (κ3) is 4.88. The van der Waals surface area contributed by atoms with Gasteiger partial charge in [-0.3, -0.25) is 9.59 Å². The Bertz CT molecular complexity index is 873. The molecule has 2 amide bonds. The lowest BCUT2D eigenvalue weighted by atomic mass is 10.0. The fourth-order valence-electron chi connectivity index (χ4n) is 3.58. The summed E-state index contributed by atoms with van der Waals surface area (Å²) >= 11 is 0. The minimum absolute atomic E-state index is 0.0303. The van der Waals surface area contributed by atoms with E-state index in [-0.39, 0.29) is 17.9 Å². The first-order valence-corrected chi connectivity index (χ1v) is 10.00. The zero-order valence-corrected chi connectivity index (χ0v) is 17.2. The molecule has 1 aliphatic heterocycles. The van der Waals surface area contributed by atoms with Gasteiger partial charge in [0, 0.05) is 30.3 Å². The number of carbonyl (C=O) groups excluding carboxylic acids is 2. The van der Waals surface area contributed by atoms with Crippen molar-refractivity contribution in [2.45, 2.75) is 32.7 Å². The standard InChI is InChI=1S/C23H28N2O4/c1-4-29-21-15-17(9-10-20(21)28-3)23(27)25-13-11-18(12-14-25)24-22(26)19-8-6-5-7-16(19)2/h5-10,15,18H,4,11-14H2,1-3H3,(H,24,26). The SMILES string of the molecule is CCOc1cc(C(=O)N2CCC(NC(=O)c3ccccc3C)CC2)ccc1OC. The van der Waals surface area contributed by atoms with Crippen LogP contribution >= 0.6 is 0 Å². The summed E-state index contributed by atoms with van der Waals surface area (Å²) < 4.78 is 10.9. The molecule has 0 radical (unpaired) electrons. The van der Waals surface area contributed by atoms with E-state index in [1.807, 2.05) is 43.0 Å². The van der Waals surface area contributed by atoms with E-state index < -0.39 is 0 Å². The maximum atomic E-state index is 12.9. The lowest BCUT2D eigenvalue weighted by Crippen LogP contribution is -2.46. The van der Waals surface area contributed by atoms with Gasteiger partial charge in [0.25, 0.3) is 11.8 Å². The van der Waals surface area contributed by atoms with Crippen LogP contribution in [0, 0.1) is 6.92 Å². The van der Waals surface area contributed by atoms with Crippen LogP contribution < -0.4 is 14.8 Å². The van der Waals surface area contributed by atoms with E-state index in [4.69, 9.17) is 9.47 Å². The molecule has 1 saturated heterocycles. The number of nitrogens with one attached hydrogen (secondary N) is 1. The summed E-state index contributed by atoms with van der Waals surface area (Å²) in [4.78, 5) is 27.2. The van der Waals surface area contributed by atoms with Gasteiger partial charge in [-0.15, -0.1) is 0 Å². The highest BCUT2D eigenvalue weighted by atomic mass is 16.5. The molecule has 0 aliphatic carbocycles. The molecule has 1 aliphatic rings. The average molecular weight is 396 g/mol. The first-order chi connectivity index (χ1) is 14.0. The number of benzene rings is 2. The van der Waals surface area contributed by atoms with E-state index in [2.05, 4.69) is 5.32 Å². The van der Waals surface area contributed by atoms with E-state index >= 15 is 0 Å². The second-order valence-corrected chi connectivity index (χ2v) is 7.15. The predicted octanol–water partition coefficient (Wildman–Crippen LogP) is 3.44. The highest BCUT2D eigenvalue weighted by Gasteiger charge is 2.25. The van der Waals surface area contributed by atoms with Crippen LogP contribution in [-0.4, -0.2) is 49.6 Å². The molecule has 1 heterocycles. The van der Waals surface area contributed by atoms with Crippen LogP contribution in [0.15, 0.2) is 42.5 Å². The predicted molar refractivity (Wildman–Crippen MR) is 112 cm³/mol. The van der Waals surface area contributed by atoms with Crippen molar-refractivity contribution in [3.05, 3.63) is 59.2 Å². The number of aryl methyl sites for hydroxylation is 1. The molecule has 0 unspecified atom stereocenters. The Balaban J connectivity index is 1.59. The number of methoxy groups -OCH3 is 1. The molecule has 6 heteroatoms. The summed E-state index contributed by atoms with van der Waals surface area (Å²) in [5, 5.41) is 3.10. The van der Waals surface area contributed by atoms with Crippen LogP contribution in [0.4, 0.5) is 0 Å². The van der Waals surface area contributed by atoms with Crippen molar-refractivity contribution in [1.82, 2.24) is 10.2 Å². The van der Waals surface area contributed by atoms with Crippen molar-refractivity contribution in [2.75, 3.05) is 26.8 Å². The topological polar surface area (TPSA) is 67.9 Å². The molecule has 3 rings (SSSR count). The summed E-state index contributed by atoms with van der Waals surface area (Å²) in [7, 11) is 1.58. The molecule has 1 fully saturated rings. The molecule has 0 saturated carbocycles. The maximum absolute atomic E-state index is 12.9. The van der Waals surface area contributed by atoms with E-state index in [1.165, 1.54) is 0 Å². The minimum atomic E-state index is -0.0515. The molecule has 2 aromatic rings. The fourth-order valence-corrected chi connectivity index (χ4v) is 3.58. The smallest absolute Gasteiger partial charge is 0.253 e. The van der Waals surface area contributed by atoms with Gasteiger partial charge in [-0.25, -0.2) is 0 Å². The second kappa shape index (κ2) is 9.45. The minimum Gasteiger partial charge on any atom is -0.493 e. The van der Waals surface area contributed by atoms with Gasteiger partial charge in [0.1, 0.15) is 0 Å². The summed E-state index contributed by atoms with van der Waals surface area (Å²) in [6.07, 6.45) is 1.47. The van der Waals surface area contributed by atoms with Crippen LogP contribution in [-0.2, 0) is 0 Å². The van der Waals surface area contributed by atoms with Crippen molar-refractivity contribution in [3.63, 3.8) is 0 Å². The van der Waals surface area contributed by atoms with Crippen molar-refractivity contribution < 1.29 is 19.1 Å². The number of hydrogen-bond acceptors (Lipinski definition) is 4. The number of amides is 2. The quantitative estimate of drug-likeness (QED) is 0.812. The summed E-state index contributed by atoms with van der Waals surface area (Å²) in [6.45, 7) is 5.53. The van der Waals surface area contributed by atoms with E-state index in [0.717, 1.165) is 18.4 Å². The molecule has 6 nitrogen and oxygen atoms in total. The lowest BCUT2D eigenvalue weighted by Gasteiger charge is -2.32. The third-order valence-corrected chi connectivity index (χ3v) is 5.22. The number of rotatable bonds is 6. The van der Waals surface area contributed by atoms with Crippen LogP contribution in [0.2, 0.25) is 0 Å². The Hall–Kier alpha value is -3.02. The summed E-state index contributed by atoms with van der Waals surface area (Å²) in [5.74, 6) is 1.10. The molecule has 1 N–H and O–H groups in total. The van der Waals surface area contributed by atoms with Gasteiger partial charge >= 0.3 is 0 Å². The number of carbonyl (C=O) groups is 2. The monoisotopic (exact) mass is 396 g/mol. The highest BCUT2D eigenvalue weighted by molar-refractivity contribution is 5.96. The van der Waals surface area contributed by atoms with Gasteiger partial charge < -0.3 is 19.7 Å². The Kier molecular flexibility index (Phi) is 6.75. The van der Waals surface area contributed by atoms with Crippen molar-refractivity contribution in [2.24, 2.45) is 0 Å². The summed E-state index contributed by atoms with van der Waals surface area (Å²) in [5.41, 5.74) is 2.24. The number of piperidine rings is 1.